The second kappa shape index (κ2) is 12.0. The Kier molecular flexibility index (Phi) is 8.53. The molecule has 0 aliphatic heterocycles. The first-order valence-corrected chi connectivity index (χ1v) is 13.0. The van der Waals surface area contributed by atoms with E-state index in [1.165, 1.54) is 37.3 Å². The molecule has 0 radical (unpaired) electrons. The van der Waals surface area contributed by atoms with Crippen molar-refractivity contribution in [3.63, 3.8) is 0 Å². The van der Waals surface area contributed by atoms with E-state index < -0.39 is 5.25 Å². The van der Waals surface area contributed by atoms with E-state index in [1.54, 1.807) is 18.2 Å². The maximum atomic E-state index is 13.5. The highest BCUT2D eigenvalue weighted by Gasteiger charge is 2.24. The SMILES string of the molecule is COc1cc(OC)c(NC(=O)C(Sc2cccc(NC(=O)c3cccs3)c2)c2ccccc2)cc1Cl. The summed E-state index contributed by atoms with van der Waals surface area (Å²) in [7, 11) is 3.02. The van der Waals surface area contributed by atoms with Crippen LogP contribution in [0.1, 0.15) is 20.5 Å². The summed E-state index contributed by atoms with van der Waals surface area (Å²) in [6.45, 7) is 0. The lowest BCUT2D eigenvalue weighted by Gasteiger charge is -2.19. The maximum absolute atomic E-state index is 13.5. The third-order valence-corrected chi connectivity index (χ3v) is 7.58. The molecule has 0 spiro atoms. The van der Waals surface area contributed by atoms with E-state index in [4.69, 9.17) is 21.1 Å². The fourth-order valence-corrected chi connectivity index (χ4v) is 5.38. The van der Waals surface area contributed by atoms with Crippen LogP contribution in [0.15, 0.2) is 89.1 Å². The number of methoxy groups -OCH3 is 2. The number of ether oxygens (including phenoxy) is 2. The third kappa shape index (κ3) is 6.20. The zero-order valence-corrected chi connectivity index (χ0v) is 21.9. The molecule has 0 aliphatic rings. The van der Waals surface area contributed by atoms with Gasteiger partial charge in [-0.25, -0.2) is 0 Å². The van der Waals surface area contributed by atoms with Crippen molar-refractivity contribution >= 4 is 57.9 Å². The van der Waals surface area contributed by atoms with Crippen LogP contribution in [-0.2, 0) is 4.79 Å². The summed E-state index contributed by atoms with van der Waals surface area (Å²) in [4.78, 5) is 27.5. The summed E-state index contributed by atoms with van der Waals surface area (Å²) in [5, 5.41) is 7.48. The third-order valence-electron chi connectivity index (χ3n) is 5.16. The summed E-state index contributed by atoms with van der Waals surface area (Å²) >= 11 is 9.04. The van der Waals surface area contributed by atoms with Crippen molar-refractivity contribution in [1.82, 2.24) is 0 Å². The Morgan fingerprint density at radius 2 is 1.67 bits per heavy atom. The fourth-order valence-electron chi connectivity index (χ4n) is 3.44. The summed E-state index contributed by atoms with van der Waals surface area (Å²) in [5.74, 6) is 0.452. The minimum Gasteiger partial charge on any atom is -0.495 e. The molecule has 1 atom stereocenters. The van der Waals surface area contributed by atoms with Crippen molar-refractivity contribution in [2.24, 2.45) is 0 Å². The normalized spacial score (nSPS) is 11.4. The van der Waals surface area contributed by atoms with Gasteiger partial charge in [0.15, 0.2) is 0 Å². The molecule has 0 fully saturated rings. The van der Waals surface area contributed by atoms with Crippen molar-refractivity contribution < 1.29 is 19.1 Å². The second-order valence-electron chi connectivity index (χ2n) is 7.54. The molecule has 36 heavy (non-hydrogen) atoms. The van der Waals surface area contributed by atoms with Crippen molar-refractivity contribution in [3.05, 3.63) is 99.7 Å². The van der Waals surface area contributed by atoms with Crippen molar-refractivity contribution in [2.45, 2.75) is 10.1 Å². The highest BCUT2D eigenvalue weighted by molar-refractivity contribution is 8.00. The molecule has 0 bridgehead atoms. The van der Waals surface area contributed by atoms with E-state index in [9.17, 15) is 9.59 Å². The molecular weight excluding hydrogens is 516 g/mol. The first kappa shape index (κ1) is 25.6. The topological polar surface area (TPSA) is 76.7 Å². The maximum Gasteiger partial charge on any atom is 0.265 e. The van der Waals surface area contributed by atoms with Crippen LogP contribution in [0.2, 0.25) is 5.02 Å². The minimum atomic E-state index is -0.583. The first-order chi connectivity index (χ1) is 17.5. The molecule has 4 rings (SSSR count). The number of amides is 2. The van der Waals surface area contributed by atoms with E-state index in [-0.39, 0.29) is 11.8 Å². The molecule has 3 aromatic carbocycles. The summed E-state index contributed by atoms with van der Waals surface area (Å²) in [6.07, 6.45) is 0. The first-order valence-electron chi connectivity index (χ1n) is 10.9. The average molecular weight is 539 g/mol. The standard InChI is InChI=1S/C27H23ClN2O4S2/c1-33-22-16-23(34-2)21(15-20(22)28)30-27(32)25(17-8-4-3-5-9-17)36-19-11-6-10-18(14-19)29-26(31)24-12-7-13-35-24/h3-16,25H,1-2H3,(H,29,31)(H,30,32). The molecule has 2 N–H and O–H groups in total. The molecule has 1 unspecified atom stereocenters. The number of benzene rings is 3. The van der Waals surface area contributed by atoms with Gasteiger partial charge in [0.25, 0.3) is 5.91 Å². The molecule has 2 amide bonds. The van der Waals surface area contributed by atoms with Crippen molar-refractivity contribution in [1.29, 1.82) is 0 Å². The van der Waals surface area contributed by atoms with Crippen LogP contribution >= 0.6 is 34.7 Å². The van der Waals surface area contributed by atoms with E-state index in [0.717, 1.165) is 10.5 Å². The van der Waals surface area contributed by atoms with Gasteiger partial charge in [-0.3, -0.25) is 9.59 Å². The molecule has 9 heteroatoms. The van der Waals surface area contributed by atoms with Crippen LogP contribution in [0.3, 0.4) is 0 Å². The Labute approximate surface area is 222 Å². The zero-order chi connectivity index (χ0) is 25.5. The molecule has 0 aliphatic carbocycles. The number of thiophene rings is 1. The van der Waals surface area contributed by atoms with Gasteiger partial charge in [0.1, 0.15) is 16.7 Å². The minimum absolute atomic E-state index is 0.173. The number of carbonyl (C=O) groups is 2. The summed E-state index contributed by atoms with van der Waals surface area (Å²) < 4.78 is 10.7. The molecule has 4 aromatic rings. The highest BCUT2D eigenvalue weighted by Crippen LogP contribution is 2.40. The monoisotopic (exact) mass is 538 g/mol. The van der Waals surface area contributed by atoms with Crippen LogP contribution in [0.4, 0.5) is 11.4 Å². The van der Waals surface area contributed by atoms with E-state index in [1.807, 2.05) is 66.0 Å². The number of hydrogen-bond acceptors (Lipinski definition) is 6. The van der Waals surface area contributed by atoms with Crippen molar-refractivity contribution in [3.8, 4) is 11.5 Å². The highest BCUT2D eigenvalue weighted by atomic mass is 35.5. The van der Waals surface area contributed by atoms with E-state index >= 15 is 0 Å². The number of carbonyl (C=O) groups excluding carboxylic acids is 2. The average Bonchev–Trinajstić information content (AvgIpc) is 3.44. The summed E-state index contributed by atoms with van der Waals surface area (Å²) in [5.41, 5.74) is 1.91. The van der Waals surface area contributed by atoms with Crippen LogP contribution in [-0.4, -0.2) is 26.0 Å². The molecule has 0 saturated heterocycles. The van der Waals surface area contributed by atoms with Crippen molar-refractivity contribution in [2.75, 3.05) is 24.9 Å². The van der Waals surface area contributed by atoms with Gasteiger partial charge < -0.3 is 20.1 Å². The lowest BCUT2D eigenvalue weighted by molar-refractivity contribution is -0.115. The number of thioether (sulfide) groups is 1. The number of hydrogen-bond donors (Lipinski definition) is 2. The van der Waals surface area contributed by atoms with Gasteiger partial charge in [0, 0.05) is 16.6 Å². The molecular formula is C27H23ClN2O4S2. The number of rotatable bonds is 9. The molecule has 1 heterocycles. The predicted octanol–water partition coefficient (Wildman–Crippen LogP) is 7.14. The van der Waals surface area contributed by atoms with Crippen LogP contribution in [0, 0.1) is 0 Å². The number of anilines is 2. The Morgan fingerprint density at radius 3 is 2.36 bits per heavy atom. The fraction of sp³-hybridized carbons (Fsp3) is 0.111. The van der Waals surface area contributed by atoms with E-state index in [2.05, 4.69) is 10.6 Å². The van der Waals surface area contributed by atoms with Gasteiger partial charge in [-0.1, -0.05) is 54.1 Å². The second-order valence-corrected chi connectivity index (χ2v) is 10.1. The van der Waals surface area contributed by atoms with Crippen LogP contribution < -0.4 is 20.1 Å². The van der Waals surface area contributed by atoms with Gasteiger partial charge in [-0.05, 0) is 41.3 Å². The molecule has 6 nitrogen and oxygen atoms in total. The Morgan fingerprint density at radius 1 is 0.889 bits per heavy atom. The molecule has 0 saturated carbocycles. The quantitative estimate of drug-likeness (QED) is 0.221. The summed E-state index contributed by atoms with van der Waals surface area (Å²) in [6, 6.07) is 23.7. The zero-order valence-electron chi connectivity index (χ0n) is 19.5. The largest absolute Gasteiger partial charge is 0.495 e. The van der Waals surface area contributed by atoms with Crippen LogP contribution in [0.5, 0.6) is 11.5 Å². The van der Waals surface area contributed by atoms with Gasteiger partial charge in [0.05, 0.1) is 29.8 Å². The lowest BCUT2D eigenvalue weighted by atomic mass is 10.1. The lowest BCUT2D eigenvalue weighted by Crippen LogP contribution is -2.19. The Bertz CT molecular complexity index is 1350. The van der Waals surface area contributed by atoms with Gasteiger partial charge >= 0.3 is 0 Å². The van der Waals surface area contributed by atoms with Gasteiger partial charge in [-0.15, -0.1) is 23.1 Å². The van der Waals surface area contributed by atoms with E-state index in [0.29, 0.717) is 32.8 Å². The smallest absolute Gasteiger partial charge is 0.265 e. The number of nitrogens with one attached hydrogen (secondary N) is 2. The Hall–Kier alpha value is -3.46. The Balaban J connectivity index is 1.58. The van der Waals surface area contributed by atoms with Gasteiger partial charge in [-0.2, -0.15) is 0 Å². The molecule has 1 aromatic heterocycles. The predicted molar refractivity (Wildman–Crippen MR) is 147 cm³/mol. The molecule has 184 valence electrons. The van der Waals surface area contributed by atoms with Crippen LogP contribution in [0.25, 0.3) is 0 Å². The number of halogens is 1. The van der Waals surface area contributed by atoms with Gasteiger partial charge in [0.2, 0.25) is 5.91 Å².